The van der Waals surface area contributed by atoms with Crippen LogP contribution in [0.4, 0.5) is 5.13 Å². The Hall–Kier alpha value is -2.41. The number of amides is 1. The maximum atomic E-state index is 12.2. The molecule has 0 unspecified atom stereocenters. The standard InChI is InChI=1S/C15H17N3O3S/c1-4-8-21-11-7-6-10(9-12(11)20-3)14(19)16-15-18-17-13(5-2)22-15/h4,6-7,9H,1,5,8H2,2-3H3,(H,16,18,19). The largest absolute Gasteiger partial charge is 0.493 e. The average molecular weight is 319 g/mol. The molecule has 0 radical (unpaired) electrons. The van der Waals surface area contributed by atoms with Crippen LogP contribution in [0, 0.1) is 0 Å². The van der Waals surface area contributed by atoms with Crippen molar-refractivity contribution in [2.24, 2.45) is 0 Å². The van der Waals surface area contributed by atoms with Gasteiger partial charge in [-0.05, 0) is 24.6 Å². The second kappa shape index (κ2) is 7.56. The van der Waals surface area contributed by atoms with Crippen LogP contribution >= 0.6 is 11.3 Å². The third kappa shape index (κ3) is 3.82. The minimum Gasteiger partial charge on any atom is -0.493 e. The van der Waals surface area contributed by atoms with Gasteiger partial charge in [-0.15, -0.1) is 10.2 Å². The minimum atomic E-state index is -0.271. The lowest BCUT2D eigenvalue weighted by Crippen LogP contribution is -2.12. The number of methoxy groups -OCH3 is 1. The fourth-order valence-electron chi connectivity index (χ4n) is 1.69. The maximum Gasteiger partial charge on any atom is 0.257 e. The number of aryl methyl sites for hydroxylation is 1. The highest BCUT2D eigenvalue weighted by molar-refractivity contribution is 7.15. The molecule has 1 heterocycles. The molecule has 1 aromatic carbocycles. The molecule has 22 heavy (non-hydrogen) atoms. The Morgan fingerprint density at radius 3 is 2.86 bits per heavy atom. The van der Waals surface area contributed by atoms with Gasteiger partial charge in [-0.1, -0.05) is 30.9 Å². The molecule has 0 fully saturated rings. The summed E-state index contributed by atoms with van der Waals surface area (Å²) in [7, 11) is 1.52. The summed E-state index contributed by atoms with van der Waals surface area (Å²) in [6, 6.07) is 4.97. The van der Waals surface area contributed by atoms with E-state index in [0.717, 1.165) is 11.4 Å². The maximum absolute atomic E-state index is 12.2. The number of aromatic nitrogens is 2. The minimum absolute atomic E-state index is 0.271. The molecule has 7 heteroatoms. The normalized spacial score (nSPS) is 10.1. The number of nitrogens with zero attached hydrogens (tertiary/aromatic N) is 2. The molecule has 116 valence electrons. The molecule has 2 rings (SSSR count). The number of benzene rings is 1. The van der Waals surface area contributed by atoms with Crippen molar-refractivity contribution in [2.75, 3.05) is 19.0 Å². The van der Waals surface area contributed by atoms with Gasteiger partial charge in [0.1, 0.15) is 11.6 Å². The summed E-state index contributed by atoms with van der Waals surface area (Å²) in [5, 5.41) is 12.0. The molecule has 0 atom stereocenters. The van der Waals surface area contributed by atoms with E-state index in [-0.39, 0.29) is 5.91 Å². The van der Waals surface area contributed by atoms with Gasteiger partial charge in [0.25, 0.3) is 5.91 Å². The molecule has 0 aliphatic heterocycles. The molecule has 1 amide bonds. The number of hydrogen-bond acceptors (Lipinski definition) is 6. The van der Waals surface area contributed by atoms with Crippen molar-refractivity contribution in [1.82, 2.24) is 10.2 Å². The fourth-order valence-corrected chi connectivity index (χ4v) is 2.37. The van der Waals surface area contributed by atoms with Gasteiger partial charge in [-0.2, -0.15) is 0 Å². The topological polar surface area (TPSA) is 73.3 Å². The molecule has 0 saturated carbocycles. The molecular formula is C15H17N3O3S. The van der Waals surface area contributed by atoms with Crippen LogP contribution in [0.5, 0.6) is 11.5 Å². The molecule has 6 nitrogen and oxygen atoms in total. The van der Waals surface area contributed by atoms with Gasteiger partial charge in [0.2, 0.25) is 5.13 Å². The Bertz CT molecular complexity index is 670. The van der Waals surface area contributed by atoms with Crippen LogP contribution in [0.15, 0.2) is 30.9 Å². The van der Waals surface area contributed by atoms with Crippen LogP contribution in [-0.4, -0.2) is 29.8 Å². The van der Waals surface area contributed by atoms with Gasteiger partial charge >= 0.3 is 0 Å². The van der Waals surface area contributed by atoms with Crippen molar-refractivity contribution in [3.63, 3.8) is 0 Å². The number of carbonyl (C=O) groups is 1. The molecule has 0 saturated heterocycles. The quantitative estimate of drug-likeness (QED) is 0.794. The Labute approximate surface area is 132 Å². The number of hydrogen-bond donors (Lipinski definition) is 1. The van der Waals surface area contributed by atoms with Gasteiger partial charge in [-0.3, -0.25) is 10.1 Å². The lowest BCUT2D eigenvalue weighted by atomic mass is 10.2. The van der Waals surface area contributed by atoms with Crippen LogP contribution in [-0.2, 0) is 6.42 Å². The van der Waals surface area contributed by atoms with E-state index in [9.17, 15) is 4.79 Å². The van der Waals surface area contributed by atoms with Crippen LogP contribution in [0.2, 0.25) is 0 Å². The van der Waals surface area contributed by atoms with Gasteiger partial charge < -0.3 is 9.47 Å². The molecule has 0 aliphatic carbocycles. The zero-order chi connectivity index (χ0) is 15.9. The summed E-state index contributed by atoms with van der Waals surface area (Å²) in [4.78, 5) is 12.2. The molecule has 0 spiro atoms. The smallest absolute Gasteiger partial charge is 0.257 e. The molecular weight excluding hydrogens is 302 g/mol. The third-order valence-electron chi connectivity index (χ3n) is 2.77. The number of rotatable bonds is 7. The Morgan fingerprint density at radius 2 is 2.23 bits per heavy atom. The first kappa shape index (κ1) is 16.0. The van der Waals surface area contributed by atoms with E-state index in [4.69, 9.17) is 9.47 Å². The Balaban J connectivity index is 2.13. The average Bonchev–Trinajstić information content (AvgIpc) is 3.00. The summed E-state index contributed by atoms with van der Waals surface area (Å²) >= 11 is 1.36. The van der Waals surface area contributed by atoms with Crippen molar-refractivity contribution >= 4 is 22.4 Å². The zero-order valence-electron chi connectivity index (χ0n) is 12.5. The van der Waals surface area contributed by atoms with Crippen LogP contribution in [0.1, 0.15) is 22.3 Å². The van der Waals surface area contributed by atoms with Gasteiger partial charge in [0, 0.05) is 5.56 Å². The number of carbonyl (C=O) groups excluding carboxylic acids is 1. The van der Waals surface area contributed by atoms with Crippen molar-refractivity contribution in [2.45, 2.75) is 13.3 Å². The fraction of sp³-hybridized carbons (Fsp3) is 0.267. The summed E-state index contributed by atoms with van der Waals surface area (Å²) < 4.78 is 10.7. The van der Waals surface area contributed by atoms with Crippen LogP contribution < -0.4 is 14.8 Å². The van der Waals surface area contributed by atoms with E-state index in [2.05, 4.69) is 22.1 Å². The second-order valence-corrected chi connectivity index (χ2v) is 5.34. The number of anilines is 1. The Kier molecular flexibility index (Phi) is 5.48. The molecule has 1 aromatic heterocycles. The van der Waals surface area contributed by atoms with E-state index in [1.54, 1.807) is 24.3 Å². The van der Waals surface area contributed by atoms with Crippen molar-refractivity contribution < 1.29 is 14.3 Å². The highest BCUT2D eigenvalue weighted by atomic mass is 32.1. The third-order valence-corrected chi connectivity index (χ3v) is 3.76. The van der Waals surface area contributed by atoms with E-state index in [1.165, 1.54) is 18.4 Å². The summed E-state index contributed by atoms with van der Waals surface area (Å²) in [5.41, 5.74) is 0.455. The lowest BCUT2D eigenvalue weighted by Gasteiger charge is -2.10. The highest BCUT2D eigenvalue weighted by Crippen LogP contribution is 2.28. The van der Waals surface area contributed by atoms with Gasteiger partial charge in [0.05, 0.1) is 7.11 Å². The predicted octanol–water partition coefficient (Wildman–Crippen LogP) is 2.93. The molecule has 2 aromatic rings. The van der Waals surface area contributed by atoms with Crippen molar-refractivity contribution in [1.29, 1.82) is 0 Å². The zero-order valence-corrected chi connectivity index (χ0v) is 13.3. The first-order chi connectivity index (χ1) is 10.7. The first-order valence-electron chi connectivity index (χ1n) is 6.73. The molecule has 0 aliphatic rings. The SMILES string of the molecule is C=CCOc1ccc(C(=O)Nc2nnc(CC)s2)cc1OC. The lowest BCUT2D eigenvalue weighted by molar-refractivity contribution is 0.102. The monoisotopic (exact) mass is 319 g/mol. The second-order valence-electron chi connectivity index (χ2n) is 4.27. The number of ether oxygens (including phenoxy) is 2. The van der Waals surface area contributed by atoms with E-state index in [1.807, 2.05) is 6.92 Å². The Morgan fingerprint density at radius 1 is 1.41 bits per heavy atom. The van der Waals surface area contributed by atoms with Crippen molar-refractivity contribution in [3.05, 3.63) is 41.4 Å². The summed E-state index contributed by atoms with van der Waals surface area (Å²) in [6.07, 6.45) is 2.43. The van der Waals surface area contributed by atoms with E-state index >= 15 is 0 Å². The summed E-state index contributed by atoms with van der Waals surface area (Å²) in [5.74, 6) is 0.775. The van der Waals surface area contributed by atoms with E-state index in [0.29, 0.717) is 28.8 Å². The molecule has 1 N–H and O–H groups in total. The highest BCUT2D eigenvalue weighted by Gasteiger charge is 2.13. The first-order valence-corrected chi connectivity index (χ1v) is 7.55. The van der Waals surface area contributed by atoms with E-state index < -0.39 is 0 Å². The van der Waals surface area contributed by atoms with Gasteiger partial charge in [0.15, 0.2) is 11.5 Å². The number of nitrogens with one attached hydrogen (secondary N) is 1. The molecule has 0 bridgehead atoms. The van der Waals surface area contributed by atoms with Crippen LogP contribution in [0.25, 0.3) is 0 Å². The van der Waals surface area contributed by atoms with Gasteiger partial charge in [-0.25, -0.2) is 0 Å². The van der Waals surface area contributed by atoms with Crippen molar-refractivity contribution in [3.8, 4) is 11.5 Å². The summed E-state index contributed by atoms with van der Waals surface area (Å²) in [6.45, 7) is 5.94. The predicted molar refractivity (Wildman–Crippen MR) is 85.9 cm³/mol. The van der Waals surface area contributed by atoms with Crippen LogP contribution in [0.3, 0.4) is 0 Å².